The molecular weight excluding hydrogens is 230 g/mol. The van der Waals surface area contributed by atoms with Gasteiger partial charge in [-0.1, -0.05) is 20.8 Å². The van der Waals surface area contributed by atoms with Crippen LogP contribution in [-0.2, 0) is 5.41 Å². The molecule has 0 aliphatic carbocycles. The zero-order chi connectivity index (χ0) is 13.1. The SMILES string of the molecule is Cc1nc(C(C)(C)C)sc1C(C)NCCCN. The second kappa shape index (κ2) is 5.94. The molecule has 1 heterocycles. The number of rotatable bonds is 5. The van der Waals surface area contributed by atoms with Crippen LogP contribution in [0.4, 0.5) is 0 Å². The fourth-order valence-electron chi connectivity index (χ4n) is 1.64. The lowest BCUT2D eigenvalue weighted by atomic mass is 9.98. The van der Waals surface area contributed by atoms with Gasteiger partial charge in [-0.2, -0.15) is 0 Å². The third kappa shape index (κ3) is 4.05. The monoisotopic (exact) mass is 255 g/mol. The van der Waals surface area contributed by atoms with Crippen molar-refractivity contribution in [2.75, 3.05) is 13.1 Å². The van der Waals surface area contributed by atoms with Gasteiger partial charge < -0.3 is 11.1 Å². The van der Waals surface area contributed by atoms with E-state index in [-0.39, 0.29) is 5.41 Å². The fraction of sp³-hybridized carbons (Fsp3) is 0.769. The summed E-state index contributed by atoms with van der Waals surface area (Å²) in [6.45, 7) is 12.6. The molecule has 4 heteroatoms. The third-order valence-electron chi connectivity index (χ3n) is 2.70. The summed E-state index contributed by atoms with van der Waals surface area (Å²) in [4.78, 5) is 6.04. The van der Waals surface area contributed by atoms with Gasteiger partial charge in [0.2, 0.25) is 0 Å². The Morgan fingerprint density at radius 1 is 1.41 bits per heavy atom. The fourth-order valence-corrected chi connectivity index (χ4v) is 2.79. The number of nitrogens with one attached hydrogen (secondary N) is 1. The Bertz CT molecular complexity index is 352. The van der Waals surface area contributed by atoms with Crippen molar-refractivity contribution in [1.29, 1.82) is 0 Å². The molecule has 0 saturated carbocycles. The molecule has 1 atom stereocenters. The van der Waals surface area contributed by atoms with Gasteiger partial charge in [-0.25, -0.2) is 4.98 Å². The summed E-state index contributed by atoms with van der Waals surface area (Å²) in [7, 11) is 0. The summed E-state index contributed by atoms with van der Waals surface area (Å²) in [5.41, 5.74) is 6.80. The Kier molecular flexibility index (Phi) is 5.10. The molecule has 0 aliphatic heterocycles. The van der Waals surface area contributed by atoms with Crippen LogP contribution in [0.5, 0.6) is 0 Å². The normalized spacial score (nSPS) is 14.0. The largest absolute Gasteiger partial charge is 0.330 e. The van der Waals surface area contributed by atoms with Gasteiger partial charge in [-0.3, -0.25) is 0 Å². The number of thiazole rings is 1. The summed E-state index contributed by atoms with van der Waals surface area (Å²) in [6, 6.07) is 0.371. The number of aromatic nitrogens is 1. The summed E-state index contributed by atoms with van der Waals surface area (Å²) >= 11 is 1.83. The highest BCUT2D eigenvalue weighted by molar-refractivity contribution is 7.12. The molecule has 1 aromatic heterocycles. The average molecular weight is 255 g/mol. The molecule has 98 valence electrons. The maximum Gasteiger partial charge on any atom is 0.0985 e. The zero-order valence-corrected chi connectivity index (χ0v) is 12.4. The minimum absolute atomic E-state index is 0.144. The molecule has 1 unspecified atom stereocenters. The first-order chi connectivity index (χ1) is 7.86. The summed E-state index contributed by atoms with van der Waals surface area (Å²) in [5.74, 6) is 0. The third-order valence-corrected chi connectivity index (χ3v) is 4.46. The highest BCUT2D eigenvalue weighted by atomic mass is 32.1. The molecular formula is C13H25N3S. The van der Waals surface area contributed by atoms with Crippen LogP contribution in [0, 0.1) is 6.92 Å². The number of aryl methyl sites for hydroxylation is 1. The highest BCUT2D eigenvalue weighted by Crippen LogP contribution is 2.32. The van der Waals surface area contributed by atoms with E-state index in [0.29, 0.717) is 6.04 Å². The Labute approximate surface area is 109 Å². The average Bonchev–Trinajstić information content (AvgIpc) is 2.60. The van der Waals surface area contributed by atoms with Gasteiger partial charge in [0.05, 0.1) is 10.7 Å². The lowest BCUT2D eigenvalue weighted by molar-refractivity contribution is 0.565. The van der Waals surface area contributed by atoms with E-state index >= 15 is 0 Å². The quantitative estimate of drug-likeness (QED) is 0.795. The molecule has 1 aromatic rings. The first-order valence-electron chi connectivity index (χ1n) is 6.27. The molecule has 0 aromatic carbocycles. The molecule has 17 heavy (non-hydrogen) atoms. The molecule has 3 nitrogen and oxygen atoms in total. The summed E-state index contributed by atoms with van der Waals surface area (Å²) in [6.07, 6.45) is 1.02. The van der Waals surface area contributed by atoms with Crippen LogP contribution in [0.1, 0.15) is 55.7 Å². The standard InChI is InChI=1S/C13H25N3S/c1-9(15-8-6-7-14)11-10(2)16-12(17-11)13(3,4)5/h9,15H,6-8,14H2,1-5H3. The van der Waals surface area contributed by atoms with Crippen molar-refractivity contribution in [1.82, 2.24) is 10.3 Å². The first-order valence-corrected chi connectivity index (χ1v) is 7.09. The number of hydrogen-bond acceptors (Lipinski definition) is 4. The Morgan fingerprint density at radius 3 is 2.53 bits per heavy atom. The zero-order valence-electron chi connectivity index (χ0n) is 11.6. The molecule has 0 spiro atoms. The van der Waals surface area contributed by atoms with Gasteiger partial charge in [0.15, 0.2) is 0 Å². The maximum absolute atomic E-state index is 5.49. The molecule has 3 N–H and O–H groups in total. The van der Waals surface area contributed by atoms with Crippen LogP contribution < -0.4 is 11.1 Å². The van der Waals surface area contributed by atoms with Crippen molar-refractivity contribution in [2.45, 2.75) is 52.5 Å². The van der Waals surface area contributed by atoms with Gasteiger partial charge in [0.25, 0.3) is 0 Å². The molecule has 0 aliphatic rings. The minimum atomic E-state index is 0.144. The Morgan fingerprint density at radius 2 is 2.06 bits per heavy atom. The maximum atomic E-state index is 5.49. The van der Waals surface area contributed by atoms with E-state index in [4.69, 9.17) is 5.73 Å². The van der Waals surface area contributed by atoms with Crippen LogP contribution >= 0.6 is 11.3 Å². The summed E-state index contributed by atoms with van der Waals surface area (Å²) < 4.78 is 0. The van der Waals surface area contributed by atoms with Crippen molar-refractivity contribution in [3.8, 4) is 0 Å². The van der Waals surface area contributed by atoms with Gasteiger partial charge in [0.1, 0.15) is 0 Å². The second-order valence-corrected chi connectivity index (χ2v) is 6.57. The number of nitrogens with zero attached hydrogens (tertiary/aromatic N) is 1. The van der Waals surface area contributed by atoms with Gasteiger partial charge in [0, 0.05) is 16.3 Å². The highest BCUT2D eigenvalue weighted by Gasteiger charge is 2.21. The van der Waals surface area contributed by atoms with Crippen LogP contribution in [0.3, 0.4) is 0 Å². The van der Waals surface area contributed by atoms with E-state index < -0.39 is 0 Å². The Hall–Kier alpha value is -0.450. The van der Waals surface area contributed by atoms with Crippen LogP contribution in [-0.4, -0.2) is 18.1 Å². The lowest BCUT2D eigenvalue weighted by Crippen LogP contribution is -2.21. The first kappa shape index (κ1) is 14.6. The minimum Gasteiger partial charge on any atom is -0.330 e. The molecule has 0 bridgehead atoms. The van der Waals surface area contributed by atoms with Gasteiger partial charge >= 0.3 is 0 Å². The number of hydrogen-bond donors (Lipinski definition) is 2. The van der Waals surface area contributed by atoms with Crippen molar-refractivity contribution in [2.24, 2.45) is 5.73 Å². The van der Waals surface area contributed by atoms with Crippen molar-refractivity contribution in [3.63, 3.8) is 0 Å². The molecule has 0 amide bonds. The number of nitrogens with two attached hydrogens (primary N) is 1. The van der Waals surface area contributed by atoms with Crippen LogP contribution in [0.15, 0.2) is 0 Å². The molecule has 0 fully saturated rings. The van der Waals surface area contributed by atoms with E-state index in [9.17, 15) is 0 Å². The summed E-state index contributed by atoms with van der Waals surface area (Å²) in [5, 5.41) is 4.72. The molecule has 0 saturated heterocycles. The smallest absolute Gasteiger partial charge is 0.0985 e. The predicted octanol–water partition coefficient (Wildman–Crippen LogP) is 2.75. The van der Waals surface area contributed by atoms with E-state index in [2.05, 4.69) is 44.9 Å². The van der Waals surface area contributed by atoms with Crippen molar-refractivity contribution in [3.05, 3.63) is 15.6 Å². The van der Waals surface area contributed by atoms with Gasteiger partial charge in [-0.05, 0) is 33.4 Å². The Balaban J connectivity index is 2.74. The molecule has 1 rings (SSSR count). The topological polar surface area (TPSA) is 50.9 Å². The van der Waals surface area contributed by atoms with Crippen molar-refractivity contribution < 1.29 is 0 Å². The van der Waals surface area contributed by atoms with Crippen LogP contribution in [0.25, 0.3) is 0 Å². The van der Waals surface area contributed by atoms with E-state index in [1.54, 1.807) is 0 Å². The van der Waals surface area contributed by atoms with Crippen LogP contribution in [0.2, 0.25) is 0 Å². The van der Waals surface area contributed by atoms with E-state index in [1.807, 2.05) is 11.3 Å². The lowest BCUT2D eigenvalue weighted by Gasteiger charge is -2.14. The van der Waals surface area contributed by atoms with Gasteiger partial charge in [-0.15, -0.1) is 11.3 Å². The van der Waals surface area contributed by atoms with Crippen molar-refractivity contribution >= 4 is 11.3 Å². The van der Waals surface area contributed by atoms with E-state index in [0.717, 1.165) is 25.2 Å². The second-order valence-electron chi connectivity index (χ2n) is 5.54. The van der Waals surface area contributed by atoms with E-state index in [1.165, 1.54) is 9.88 Å². The predicted molar refractivity (Wildman–Crippen MR) is 75.6 cm³/mol. The molecule has 0 radical (unpaired) electrons.